The van der Waals surface area contributed by atoms with Crippen LogP contribution in [0.25, 0.3) is 0 Å². The largest absolute Gasteiger partial charge is 0.464 e. The molecule has 0 spiro atoms. The Morgan fingerprint density at radius 2 is 2.00 bits per heavy atom. The van der Waals surface area contributed by atoms with Crippen LogP contribution in [-0.4, -0.2) is 10.3 Å². The third kappa shape index (κ3) is 4.55. The van der Waals surface area contributed by atoms with Gasteiger partial charge in [-0.3, -0.25) is 4.21 Å². The van der Waals surface area contributed by atoms with Crippen LogP contribution in [0.4, 0.5) is 0 Å². The Morgan fingerprint density at radius 1 is 1.19 bits per heavy atom. The Balaban J connectivity index is 1.51. The maximum Gasteiger partial charge on any atom is 0.118 e. The van der Waals surface area contributed by atoms with E-state index >= 15 is 0 Å². The quantitative estimate of drug-likeness (QED) is 0.853. The molecule has 0 saturated heterocycles. The van der Waals surface area contributed by atoms with Gasteiger partial charge in [0.05, 0.1) is 12.3 Å². The Labute approximate surface area is 128 Å². The van der Waals surface area contributed by atoms with Crippen molar-refractivity contribution in [2.45, 2.75) is 43.9 Å². The molecule has 1 unspecified atom stereocenters. The molecule has 3 rings (SSSR count). The van der Waals surface area contributed by atoms with Crippen LogP contribution in [0.1, 0.15) is 35.5 Å². The molecule has 1 aliphatic rings. The zero-order valence-corrected chi connectivity index (χ0v) is 13.1. The van der Waals surface area contributed by atoms with Gasteiger partial charge in [0.2, 0.25) is 0 Å². The third-order valence-corrected chi connectivity index (χ3v) is 4.83. The van der Waals surface area contributed by atoms with E-state index in [0.29, 0.717) is 17.5 Å². The number of hydrogen-bond acceptors (Lipinski definition) is 3. The summed E-state index contributed by atoms with van der Waals surface area (Å²) in [4.78, 5) is 0. The highest BCUT2D eigenvalue weighted by Crippen LogP contribution is 2.20. The number of furan rings is 1. The van der Waals surface area contributed by atoms with Crippen molar-refractivity contribution in [2.75, 3.05) is 0 Å². The third-order valence-electron chi connectivity index (χ3n) is 3.57. The molecule has 0 radical (unpaired) electrons. The second-order valence-electron chi connectivity index (χ2n) is 5.74. The van der Waals surface area contributed by atoms with E-state index in [4.69, 9.17) is 4.42 Å². The van der Waals surface area contributed by atoms with Crippen LogP contribution in [0.5, 0.6) is 0 Å². The van der Waals surface area contributed by atoms with Gasteiger partial charge in [-0.2, -0.15) is 0 Å². The lowest BCUT2D eigenvalue weighted by molar-refractivity contribution is 0.457. The first-order valence-electron chi connectivity index (χ1n) is 7.40. The number of aryl methyl sites for hydroxylation is 1. The molecular weight excluding hydrogens is 282 g/mol. The number of rotatable bonds is 7. The summed E-state index contributed by atoms with van der Waals surface area (Å²) in [6.45, 7) is 2.83. The van der Waals surface area contributed by atoms with Crippen LogP contribution in [0.2, 0.25) is 0 Å². The van der Waals surface area contributed by atoms with E-state index in [1.807, 2.05) is 24.3 Å². The molecule has 1 saturated carbocycles. The first-order chi connectivity index (χ1) is 10.2. The van der Waals surface area contributed by atoms with Crippen molar-refractivity contribution in [3.8, 4) is 0 Å². The summed E-state index contributed by atoms with van der Waals surface area (Å²) in [6.07, 6.45) is 2.54. The second kappa shape index (κ2) is 6.58. The second-order valence-corrected chi connectivity index (χ2v) is 7.20. The molecule has 0 amide bonds. The van der Waals surface area contributed by atoms with Crippen molar-refractivity contribution in [1.29, 1.82) is 0 Å². The van der Waals surface area contributed by atoms with Gasteiger partial charge in [-0.15, -0.1) is 0 Å². The van der Waals surface area contributed by atoms with Crippen molar-refractivity contribution < 1.29 is 8.63 Å². The standard InChI is InChI=1S/C17H21NO2S/c1-13-3-2-4-14(9-13)11-21(19)12-17-8-7-16(20-17)10-18-15-5-6-15/h2-4,7-9,15,18H,5-6,10-12H2,1H3. The summed E-state index contributed by atoms with van der Waals surface area (Å²) in [5.74, 6) is 2.81. The average molecular weight is 303 g/mol. The first kappa shape index (κ1) is 14.5. The molecule has 0 bridgehead atoms. The van der Waals surface area contributed by atoms with E-state index in [1.54, 1.807) is 0 Å². The summed E-state index contributed by atoms with van der Waals surface area (Å²) in [5.41, 5.74) is 2.33. The monoisotopic (exact) mass is 303 g/mol. The zero-order valence-electron chi connectivity index (χ0n) is 12.3. The number of benzene rings is 1. The molecule has 3 nitrogen and oxygen atoms in total. The predicted molar refractivity (Wildman–Crippen MR) is 85.3 cm³/mol. The van der Waals surface area contributed by atoms with Gasteiger partial charge in [-0.05, 0) is 37.5 Å². The van der Waals surface area contributed by atoms with Crippen LogP contribution >= 0.6 is 0 Å². The number of hydrogen-bond donors (Lipinski definition) is 1. The highest BCUT2D eigenvalue weighted by Gasteiger charge is 2.20. The molecule has 4 heteroatoms. The summed E-state index contributed by atoms with van der Waals surface area (Å²) in [7, 11) is -0.931. The molecule has 1 aromatic carbocycles. The molecule has 2 aromatic rings. The topological polar surface area (TPSA) is 42.2 Å². The fourth-order valence-corrected chi connectivity index (χ4v) is 3.45. The van der Waals surface area contributed by atoms with E-state index in [-0.39, 0.29) is 0 Å². The van der Waals surface area contributed by atoms with Gasteiger partial charge >= 0.3 is 0 Å². The molecule has 1 heterocycles. The summed E-state index contributed by atoms with van der Waals surface area (Å²) in [5, 5.41) is 3.42. The maximum atomic E-state index is 12.2. The molecule has 112 valence electrons. The molecule has 0 aliphatic heterocycles. The SMILES string of the molecule is Cc1cccc(CS(=O)Cc2ccc(CNC3CC3)o2)c1. The van der Waals surface area contributed by atoms with E-state index in [9.17, 15) is 4.21 Å². The highest BCUT2D eigenvalue weighted by molar-refractivity contribution is 7.83. The summed E-state index contributed by atoms with van der Waals surface area (Å²) in [6, 6.07) is 12.8. The van der Waals surface area contributed by atoms with E-state index in [1.165, 1.54) is 18.4 Å². The molecule has 1 fully saturated rings. The fourth-order valence-electron chi connectivity index (χ4n) is 2.32. The minimum Gasteiger partial charge on any atom is -0.464 e. The van der Waals surface area contributed by atoms with Crippen molar-refractivity contribution in [3.63, 3.8) is 0 Å². The molecule has 1 N–H and O–H groups in total. The van der Waals surface area contributed by atoms with Crippen LogP contribution < -0.4 is 5.32 Å². The van der Waals surface area contributed by atoms with Gasteiger partial charge in [-0.25, -0.2) is 0 Å². The van der Waals surface area contributed by atoms with Gasteiger partial charge in [0.15, 0.2) is 0 Å². The number of nitrogens with one attached hydrogen (secondary N) is 1. The van der Waals surface area contributed by atoms with Crippen LogP contribution in [-0.2, 0) is 28.9 Å². The molecule has 21 heavy (non-hydrogen) atoms. The Morgan fingerprint density at radius 3 is 2.76 bits per heavy atom. The maximum absolute atomic E-state index is 12.2. The molecule has 1 aliphatic carbocycles. The zero-order chi connectivity index (χ0) is 14.7. The van der Waals surface area contributed by atoms with E-state index in [2.05, 4.69) is 24.4 Å². The molecule has 1 aromatic heterocycles. The highest BCUT2D eigenvalue weighted by atomic mass is 32.2. The van der Waals surface area contributed by atoms with Crippen LogP contribution in [0, 0.1) is 6.92 Å². The van der Waals surface area contributed by atoms with Crippen molar-refractivity contribution in [3.05, 3.63) is 59.0 Å². The van der Waals surface area contributed by atoms with Gasteiger partial charge in [-0.1, -0.05) is 29.8 Å². The van der Waals surface area contributed by atoms with Crippen molar-refractivity contribution in [2.24, 2.45) is 0 Å². The van der Waals surface area contributed by atoms with Crippen molar-refractivity contribution in [1.82, 2.24) is 5.32 Å². The van der Waals surface area contributed by atoms with Crippen LogP contribution in [0.15, 0.2) is 40.8 Å². The Hall–Kier alpha value is -1.39. The average Bonchev–Trinajstić information content (AvgIpc) is 3.17. The smallest absolute Gasteiger partial charge is 0.118 e. The molecule has 1 atom stereocenters. The summed E-state index contributed by atoms with van der Waals surface area (Å²) >= 11 is 0. The van der Waals surface area contributed by atoms with Gasteiger partial charge in [0.1, 0.15) is 11.5 Å². The lowest BCUT2D eigenvalue weighted by atomic mass is 10.2. The first-order valence-corrected chi connectivity index (χ1v) is 8.89. The fraction of sp³-hybridized carbons (Fsp3) is 0.412. The predicted octanol–water partition coefficient (Wildman–Crippen LogP) is 3.29. The minimum atomic E-state index is -0.931. The lowest BCUT2D eigenvalue weighted by Crippen LogP contribution is -2.14. The van der Waals surface area contributed by atoms with Gasteiger partial charge in [0.25, 0.3) is 0 Å². The van der Waals surface area contributed by atoms with Gasteiger partial charge < -0.3 is 9.73 Å². The molecular formula is C17H21NO2S. The Bertz CT molecular complexity index is 631. The summed E-state index contributed by atoms with van der Waals surface area (Å²) < 4.78 is 18.0. The Kier molecular flexibility index (Phi) is 4.56. The minimum absolute atomic E-state index is 0.484. The van der Waals surface area contributed by atoms with E-state index < -0.39 is 10.8 Å². The van der Waals surface area contributed by atoms with E-state index in [0.717, 1.165) is 23.6 Å². The van der Waals surface area contributed by atoms with Crippen molar-refractivity contribution >= 4 is 10.8 Å². The lowest BCUT2D eigenvalue weighted by Gasteiger charge is -2.02. The normalized spacial score (nSPS) is 16.0. The van der Waals surface area contributed by atoms with Gasteiger partial charge in [0, 0.05) is 22.6 Å². The van der Waals surface area contributed by atoms with Crippen LogP contribution in [0.3, 0.4) is 0 Å².